The van der Waals surface area contributed by atoms with Crippen LogP contribution in [0.2, 0.25) is 0 Å². The van der Waals surface area contributed by atoms with E-state index in [-0.39, 0.29) is 18.3 Å². The van der Waals surface area contributed by atoms with Crippen molar-refractivity contribution in [2.75, 3.05) is 6.54 Å². The molecule has 0 radical (unpaired) electrons. The number of rotatable bonds is 5. The second kappa shape index (κ2) is 8.10. The first-order valence-electron chi connectivity index (χ1n) is 8.83. The number of carbonyl (C=O) groups is 1. The highest BCUT2D eigenvalue weighted by atomic mass is 79.9. The van der Waals surface area contributed by atoms with Crippen molar-refractivity contribution in [1.29, 1.82) is 5.26 Å². The van der Waals surface area contributed by atoms with Crippen LogP contribution in [0.25, 0.3) is 0 Å². The highest BCUT2D eigenvalue weighted by Crippen LogP contribution is 2.40. The minimum Gasteiger partial charge on any atom is -0.438 e. The molecule has 0 aliphatic carbocycles. The van der Waals surface area contributed by atoms with E-state index >= 15 is 0 Å². The van der Waals surface area contributed by atoms with Gasteiger partial charge in [0.15, 0.2) is 0 Å². The van der Waals surface area contributed by atoms with Crippen molar-refractivity contribution < 1.29 is 13.9 Å². The van der Waals surface area contributed by atoms with Crippen LogP contribution in [0.3, 0.4) is 0 Å². The molecule has 1 unspecified atom stereocenters. The number of hydrogen-bond donors (Lipinski definition) is 0. The molecule has 3 rings (SSSR count). The van der Waals surface area contributed by atoms with E-state index in [1.165, 1.54) is 12.1 Å². The Kier molecular flexibility index (Phi) is 5.81. The highest BCUT2D eigenvalue weighted by molar-refractivity contribution is 9.10. The van der Waals surface area contributed by atoms with Crippen molar-refractivity contribution in [3.8, 4) is 6.07 Å². The van der Waals surface area contributed by atoms with E-state index in [9.17, 15) is 9.18 Å². The van der Waals surface area contributed by atoms with Crippen molar-refractivity contribution in [3.63, 3.8) is 0 Å². The van der Waals surface area contributed by atoms with Crippen molar-refractivity contribution in [2.45, 2.75) is 37.8 Å². The Balaban J connectivity index is 1.83. The van der Waals surface area contributed by atoms with Crippen LogP contribution in [0, 0.1) is 17.1 Å². The molecule has 1 saturated heterocycles. The minimum absolute atomic E-state index is 0.132. The van der Waals surface area contributed by atoms with Gasteiger partial charge >= 0.3 is 6.09 Å². The molecule has 1 aliphatic heterocycles. The predicted molar refractivity (Wildman–Crippen MR) is 103 cm³/mol. The average molecular weight is 431 g/mol. The van der Waals surface area contributed by atoms with Gasteiger partial charge < -0.3 is 9.64 Å². The molecule has 27 heavy (non-hydrogen) atoms. The van der Waals surface area contributed by atoms with Gasteiger partial charge in [-0.05, 0) is 42.3 Å². The van der Waals surface area contributed by atoms with Gasteiger partial charge in [0, 0.05) is 30.3 Å². The normalized spacial score (nSPS) is 20.7. The number of halogens is 2. The third-order valence-electron chi connectivity index (χ3n) is 5.10. The summed E-state index contributed by atoms with van der Waals surface area (Å²) in [5, 5.41) is 9.01. The molecule has 0 spiro atoms. The maximum absolute atomic E-state index is 13.3. The Morgan fingerprint density at radius 3 is 2.52 bits per heavy atom. The fourth-order valence-electron chi connectivity index (χ4n) is 3.48. The summed E-state index contributed by atoms with van der Waals surface area (Å²) in [5.41, 5.74) is 0.848. The van der Waals surface area contributed by atoms with Gasteiger partial charge in [-0.25, -0.2) is 9.18 Å². The molecule has 1 amide bonds. The highest BCUT2D eigenvalue weighted by Gasteiger charge is 2.43. The van der Waals surface area contributed by atoms with Gasteiger partial charge in [0.1, 0.15) is 11.4 Å². The SMILES string of the molecule is C[C@@H](c1ccc(Br)cc1)N1CCC(CCC#N)(c2ccc(F)cc2)OC1=O. The number of benzene rings is 2. The summed E-state index contributed by atoms with van der Waals surface area (Å²) in [5.74, 6) is -0.346. The van der Waals surface area contributed by atoms with Crippen LogP contribution in [-0.4, -0.2) is 17.5 Å². The van der Waals surface area contributed by atoms with E-state index in [1.54, 1.807) is 17.0 Å². The number of carbonyl (C=O) groups excluding carboxylic acids is 1. The molecular weight excluding hydrogens is 411 g/mol. The minimum atomic E-state index is -0.892. The van der Waals surface area contributed by atoms with Gasteiger partial charge in [0.25, 0.3) is 0 Å². The lowest BCUT2D eigenvalue weighted by atomic mass is 9.84. The van der Waals surface area contributed by atoms with Crippen LogP contribution in [0.4, 0.5) is 9.18 Å². The van der Waals surface area contributed by atoms with Crippen molar-refractivity contribution >= 4 is 22.0 Å². The lowest BCUT2D eigenvalue weighted by Crippen LogP contribution is -2.48. The smallest absolute Gasteiger partial charge is 0.411 e. The molecule has 0 saturated carbocycles. The van der Waals surface area contributed by atoms with E-state index in [4.69, 9.17) is 10.00 Å². The Morgan fingerprint density at radius 2 is 1.93 bits per heavy atom. The molecule has 2 aromatic carbocycles. The predicted octanol–water partition coefficient (Wildman–Crippen LogP) is 5.69. The average Bonchev–Trinajstić information content (AvgIpc) is 2.67. The molecule has 2 aromatic rings. The lowest BCUT2D eigenvalue weighted by Gasteiger charge is -2.43. The van der Waals surface area contributed by atoms with Gasteiger partial charge in [-0.3, -0.25) is 0 Å². The quantitative estimate of drug-likeness (QED) is 0.611. The van der Waals surface area contributed by atoms with E-state index < -0.39 is 11.7 Å². The van der Waals surface area contributed by atoms with Crippen LogP contribution in [0.5, 0.6) is 0 Å². The molecule has 140 valence electrons. The largest absolute Gasteiger partial charge is 0.438 e. The van der Waals surface area contributed by atoms with E-state index in [0.29, 0.717) is 19.4 Å². The topological polar surface area (TPSA) is 53.3 Å². The number of cyclic esters (lactones) is 1. The molecule has 0 aromatic heterocycles. The molecule has 1 fully saturated rings. The summed E-state index contributed by atoms with van der Waals surface area (Å²) in [6.07, 6.45) is 0.778. The monoisotopic (exact) mass is 430 g/mol. The Labute approximate surface area is 166 Å². The van der Waals surface area contributed by atoms with Crippen LogP contribution in [0.1, 0.15) is 43.4 Å². The van der Waals surface area contributed by atoms with Gasteiger partial charge in [0.2, 0.25) is 0 Å². The summed E-state index contributed by atoms with van der Waals surface area (Å²) in [4.78, 5) is 14.5. The Bertz CT molecular complexity index is 848. The molecule has 0 bridgehead atoms. The molecule has 1 heterocycles. The molecule has 6 heteroatoms. The lowest BCUT2D eigenvalue weighted by molar-refractivity contribution is -0.0647. The van der Waals surface area contributed by atoms with Crippen LogP contribution >= 0.6 is 15.9 Å². The fourth-order valence-corrected chi connectivity index (χ4v) is 3.74. The maximum atomic E-state index is 13.3. The van der Waals surface area contributed by atoms with Crippen molar-refractivity contribution in [1.82, 2.24) is 4.90 Å². The number of nitriles is 1. The van der Waals surface area contributed by atoms with Gasteiger partial charge in [-0.15, -0.1) is 0 Å². The summed E-state index contributed by atoms with van der Waals surface area (Å²) in [6, 6.07) is 15.8. The fraction of sp³-hybridized carbons (Fsp3) is 0.333. The number of amides is 1. The Hall–Kier alpha value is -2.39. The second-order valence-electron chi connectivity index (χ2n) is 6.70. The first-order valence-corrected chi connectivity index (χ1v) is 9.62. The zero-order valence-electron chi connectivity index (χ0n) is 15.0. The van der Waals surface area contributed by atoms with Gasteiger partial charge in [-0.2, -0.15) is 5.26 Å². The first-order chi connectivity index (χ1) is 12.9. The van der Waals surface area contributed by atoms with Crippen LogP contribution in [0.15, 0.2) is 53.0 Å². The molecular formula is C21H20BrFN2O2. The second-order valence-corrected chi connectivity index (χ2v) is 7.61. The van der Waals surface area contributed by atoms with E-state index in [2.05, 4.69) is 22.0 Å². The third-order valence-corrected chi connectivity index (χ3v) is 5.63. The number of nitrogens with zero attached hydrogens (tertiary/aromatic N) is 2. The number of ether oxygens (including phenoxy) is 1. The van der Waals surface area contributed by atoms with Gasteiger partial charge in [-0.1, -0.05) is 40.2 Å². The maximum Gasteiger partial charge on any atom is 0.411 e. The molecule has 2 atom stereocenters. The summed E-state index contributed by atoms with van der Waals surface area (Å²) in [6.45, 7) is 2.46. The van der Waals surface area contributed by atoms with E-state index in [1.807, 2.05) is 31.2 Å². The first kappa shape index (κ1) is 19.4. The van der Waals surface area contributed by atoms with Crippen molar-refractivity contribution in [2.24, 2.45) is 0 Å². The standard InChI is InChI=1S/C21H20BrFN2O2/c1-15(16-3-7-18(22)8-4-16)25-14-12-21(11-2-13-24,27-20(25)26)17-5-9-19(23)10-6-17/h3-10,15H,2,11-12,14H2,1H3/t15-,21?/m0/s1. The van der Waals surface area contributed by atoms with Crippen LogP contribution < -0.4 is 0 Å². The zero-order chi connectivity index (χ0) is 19.4. The summed E-state index contributed by atoms with van der Waals surface area (Å²) >= 11 is 3.41. The van der Waals surface area contributed by atoms with Crippen molar-refractivity contribution in [3.05, 3.63) is 69.9 Å². The number of hydrogen-bond acceptors (Lipinski definition) is 3. The van der Waals surface area contributed by atoms with Gasteiger partial charge in [0.05, 0.1) is 12.1 Å². The van der Waals surface area contributed by atoms with Crippen LogP contribution in [-0.2, 0) is 10.3 Å². The molecule has 4 nitrogen and oxygen atoms in total. The summed E-state index contributed by atoms with van der Waals surface area (Å²) < 4.78 is 20.2. The molecule has 1 aliphatic rings. The molecule has 0 N–H and O–H groups in total. The third kappa shape index (κ3) is 4.14. The summed E-state index contributed by atoms with van der Waals surface area (Å²) in [7, 11) is 0. The van der Waals surface area contributed by atoms with E-state index in [0.717, 1.165) is 15.6 Å². The zero-order valence-corrected chi connectivity index (χ0v) is 16.6. The Morgan fingerprint density at radius 1 is 1.26 bits per heavy atom.